The third-order valence-electron chi connectivity index (χ3n) is 1.99. The molecule has 0 bridgehead atoms. The minimum atomic E-state index is 0.0585. The molecule has 1 rings (SSSR count). The van der Waals surface area contributed by atoms with E-state index < -0.39 is 0 Å². The maximum absolute atomic E-state index is 8.29. The molecule has 14 heavy (non-hydrogen) atoms. The normalized spacial score (nSPS) is 11.4. The molecule has 0 heterocycles. The minimum absolute atomic E-state index is 0.0585. The topological polar surface area (TPSA) is 67.8 Å². The smallest absolute Gasteiger partial charge is 0.177 e. The molecule has 0 aromatic heterocycles. The Labute approximate surface area is 83.0 Å². The average molecular weight is 194 g/mol. The third-order valence-corrected chi connectivity index (χ3v) is 1.99. The summed E-state index contributed by atoms with van der Waals surface area (Å²) >= 11 is 0. The van der Waals surface area contributed by atoms with Crippen molar-refractivity contribution in [3.63, 3.8) is 0 Å². The van der Waals surface area contributed by atoms with Crippen molar-refractivity contribution in [3.05, 3.63) is 29.3 Å². The molecule has 0 unspecified atom stereocenters. The van der Waals surface area contributed by atoms with Crippen molar-refractivity contribution in [2.75, 3.05) is 6.61 Å². The van der Waals surface area contributed by atoms with Gasteiger partial charge in [0.2, 0.25) is 0 Å². The van der Waals surface area contributed by atoms with Gasteiger partial charge in [-0.25, -0.2) is 0 Å². The Kier molecular flexibility index (Phi) is 3.34. The fourth-order valence-corrected chi connectivity index (χ4v) is 0.990. The fraction of sp³-hybridized carbons (Fsp3) is 0.300. The van der Waals surface area contributed by atoms with Crippen molar-refractivity contribution in [1.29, 1.82) is 0 Å². The number of nitrogens with zero attached hydrogens (tertiary/aromatic N) is 1. The lowest BCUT2D eigenvalue weighted by atomic mass is 10.1. The highest BCUT2D eigenvalue weighted by atomic mass is 16.5. The van der Waals surface area contributed by atoms with Crippen molar-refractivity contribution in [1.82, 2.24) is 0 Å². The standard InChI is InChI=1S/C10H14N2O2/c1-7-3-4-9(5-8(7)2)14-6-10(11)12-13/h3-5,13H,6H2,1-2H3,(H2,11,12). The lowest BCUT2D eigenvalue weighted by Gasteiger charge is -2.06. The quantitative estimate of drug-likeness (QED) is 0.331. The Balaban J connectivity index is 2.64. The van der Waals surface area contributed by atoms with Crippen LogP contribution in [0.5, 0.6) is 5.75 Å². The van der Waals surface area contributed by atoms with E-state index in [-0.39, 0.29) is 12.4 Å². The van der Waals surface area contributed by atoms with Crippen LogP contribution < -0.4 is 10.5 Å². The molecular formula is C10H14N2O2. The summed E-state index contributed by atoms with van der Waals surface area (Å²) < 4.78 is 5.28. The summed E-state index contributed by atoms with van der Waals surface area (Å²) in [4.78, 5) is 0. The van der Waals surface area contributed by atoms with Crippen LogP contribution in [-0.2, 0) is 0 Å². The summed E-state index contributed by atoms with van der Waals surface area (Å²) in [5.41, 5.74) is 7.63. The molecule has 0 atom stereocenters. The highest BCUT2D eigenvalue weighted by Crippen LogP contribution is 2.15. The number of nitrogens with two attached hydrogens (primary N) is 1. The maximum Gasteiger partial charge on any atom is 0.177 e. The zero-order chi connectivity index (χ0) is 10.6. The molecule has 0 aliphatic heterocycles. The van der Waals surface area contributed by atoms with Gasteiger partial charge in [0.15, 0.2) is 5.84 Å². The second kappa shape index (κ2) is 4.50. The van der Waals surface area contributed by atoms with Crippen LogP contribution in [-0.4, -0.2) is 17.6 Å². The maximum atomic E-state index is 8.29. The van der Waals surface area contributed by atoms with E-state index in [0.29, 0.717) is 0 Å². The van der Waals surface area contributed by atoms with Crippen LogP contribution in [0.4, 0.5) is 0 Å². The molecule has 0 aliphatic carbocycles. The molecule has 0 saturated heterocycles. The lowest BCUT2D eigenvalue weighted by Crippen LogP contribution is -2.20. The van der Waals surface area contributed by atoms with E-state index in [0.717, 1.165) is 11.3 Å². The summed E-state index contributed by atoms with van der Waals surface area (Å²) in [5, 5.41) is 11.1. The Bertz CT molecular complexity index is 348. The first kappa shape index (κ1) is 10.4. The van der Waals surface area contributed by atoms with Crippen LogP contribution in [0.3, 0.4) is 0 Å². The van der Waals surface area contributed by atoms with E-state index in [9.17, 15) is 0 Å². The van der Waals surface area contributed by atoms with Gasteiger partial charge in [-0.15, -0.1) is 0 Å². The number of hydrogen-bond acceptors (Lipinski definition) is 3. The van der Waals surface area contributed by atoms with Crippen molar-refractivity contribution in [2.45, 2.75) is 13.8 Å². The minimum Gasteiger partial charge on any atom is -0.486 e. The summed E-state index contributed by atoms with van der Waals surface area (Å²) in [7, 11) is 0. The Hall–Kier alpha value is -1.71. The van der Waals surface area contributed by atoms with Gasteiger partial charge < -0.3 is 15.7 Å². The number of oxime groups is 1. The van der Waals surface area contributed by atoms with E-state index in [2.05, 4.69) is 5.16 Å². The van der Waals surface area contributed by atoms with Gasteiger partial charge in [0, 0.05) is 0 Å². The van der Waals surface area contributed by atoms with Crippen molar-refractivity contribution in [2.24, 2.45) is 10.9 Å². The predicted octanol–water partition coefficient (Wildman–Crippen LogP) is 1.43. The van der Waals surface area contributed by atoms with Crippen molar-refractivity contribution in [3.8, 4) is 5.75 Å². The number of benzene rings is 1. The van der Waals surface area contributed by atoms with Gasteiger partial charge in [0.1, 0.15) is 12.4 Å². The van der Waals surface area contributed by atoms with Gasteiger partial charge >= 0.3 is 0 Å². The van der Waals surface area contributed by atoms with Crippen LogP contribution in [0, 0.1) is 13.8 Å². The van der Waals surface area contributed by atoms with Crippen LogP contribution in [0.15, 0.2) is 23.4 Å². The Morgan fingerprint density at radius 3 is 2.71 bits per heavy atom. The predicted molar refractivity (Wildman–Crippen MR) is 54.8 cm³/mol. The molecule has 1 aromatic rings. The molecule has 4 nitrogen and oxygen atoms in total. The van der Waals surface area contributed by atoms with Crippen molar-refractivity contribution >= 4 is 5.84 Å². The lowest BCUT2D eigenvalue weighted by molar-refractivity contribution is 0.306. The molecule has 0 spiro atoms. The van der Waals surface area contributed by atoms with E-state index in [1.54, 1.807) is 0 Å². The first-order valence-corrected chi connectivity index (χ1v) is 4.30. The number of rotatable bonds is 3. The summed E-state index contributed by atoms with van der Waals surface area (Å²) in [6.45, 7) is 4.13. The molecule has 76 valence electrons. The number of hydrogen-bond donors (Lipinski definition) is 2. The Morgan fingerprint density at radius 2 is 2.14 bits per heavy atom. The summed E-state index contributed by atoms with van der Waals surface area (Å²) in [6.07, 6.45) is 0. The zero-order valence-corrected chi connectivity index (χ0v) is 8.32. The molecule has 4 heteroatoms. The SMILES string of the molecule is Cc1ccc(OC/C(N)=N/O)cc1C. The Morgan fingerprint density at radius 1 is 1.43 bits per heavy atom. The van der Waals surface area contributed by atoms with Crippen LogP contribution in [0.25, 0.3) is 0 Å². The summed E-state index contributed by atoms with van der Waals surface area (Å²) in [5.74, 6) is 0.780. The van der Waals surface area contributed by atoms with Crippen LogP contribution in [0.1, 0.15) is 11.1 Å². The van der Waals surface area contributed by atoms with Gasteiger partial charge in [0.25, 0.3) is 0 Å². The van der Waals surface area contributed by atoms with Gasteiger partial charge in [0.05, 0.1) is 0 Å². The molecule has 0 radical (unpaired) electrons. The average Bonchev–Trinajstić information content (AvgIpc) is 2.19. The van der Waals surface area contributed by atoms with Gasteiger partial charge in [-0.1, -0.05) is 11.2 Å². The molecule has 0 amide bonds. The first-order chi connectivity index (χ1) is 6.63. The molecule has 0 saturated carbocycles. The van der Waals surface area contributed by atoms with Crippen LogP contribution >= 0.6 is 0 Å². The van der Waals surface area contributed by atoms with E-state index in [4.69, 9.17) is 15.7 Å². The van der Waals surface area contributed by atoms with E-state index in [1.165, 1.54) is 5.56 Å². The largest absolute Gasteiger partial charge is 0.486 e. The number of amidine groups is 1. The van der Waals surface area contributed by atoms with Crippen molar-refractivity contribution < 1.29 is 9.94 Å². The third kappa shape index (κ3) is 2.65. The van der Waals surface area contributed by atoms with Crippen LogP contribution in [0.2, 0.25) is 0 Å². The second-order valence-electron chi connectivity index (χ2n) is 3.13. The second-order valence-corrected chi connectivity index (χ2v) is 3.13. The number of ether oxygens (including phenoxy) is 1. The van der Waals surface area contributed by atoms with E-state index >= 15 is 0 Å². The molecule has 3 N–H and O–H groups in total. The highest BCUT2D eigenvalue weighted by Gasteiger charge is 1.98. The fourth-order valence-electron chi connectivity index (χ4n) is 0.990. The highest BCUT2D eigenvalue weighted by molar-refractivity contribution is 5.81. The number of aryl methyl sites for hydroxylation is 2. The van der Waals surface area contributed by atoms with Gasteiger partial charge in [-0.2, -0.15) is 0 Å². The van der Waals surface area contributed by atoms with Gasteiger partial charge in [-0.05, 0) is 37.1 Å². The monoisotopic (exact) mass is 194 g/mol. The zero-order valence-electron chi connectivity index (χ0n) is 8.32. The first-order valence-electron chi connectivity index (χ1n) is 4.30. The molecular weight excluding hydrogens is 180 g/mol. The molecule has 0 aliphatic rings. The molecule has 0 fully saturated rings. The van der Waals surface area contributed by atoms with Gasteiger partial charge in [-0.3, -0.25) is 0 Å². The van der Waals surface area contributed by atoms with E-state index in [1.807, 2.05) is 32.0 Å². The molecule has 1 aromatic carbocycles. The summed E-state index contributed by atoms with van der Waals surface area (Å²) in [6, 6.07) is 5.74.